The van der Waals surface area contributed by atoms with Gasteiger partial charge in [-0.05, 0) is 32.0 Å². The molecule has 10 nitrogen and oxygen atoms in total. The number of carbonyl (C=O) groups is 3. The molecule has 0 fully saturated rings. The van der Waals surface area contributed by atoms with Crippen LogP contribution in [-0.2, 0) is 14.3 Å². The van der Waals surface area contributed by atoms with E-state index in [0.29, 0.717) is 0 Å². The number of ether oxygens (including phenoxy) is 2. The number of nitrogens with zero attached hydrogens (tertiary/aromatic N) is 1. The van der Waals surface area contributed by atoms with Crippen LogP contribution < -0.4 is 4.90 Å². The van der Waals surface area contributed by atoms with Gasteiger partial charge in [0.25, 0.3) is 0 Å². The molecule has 34 heavy (non-hydrogen) atoms. The molecular weight excluding hydrogens is 446 g/mol. The van der Waals surface area contributed by atoms with E-state index in [4.69, 9.17) is 4.74 Å². The highest BCUT2D eigenvalue weighted by Crippen LogP contribution is 2.28. The first kappa shape index (κ1) is 24.6. The van der Waals surface area contributed by atoms with E-state index < -0.39 is 48.1 Å². The molecule has 0 saturated heterocycles. The quantitative estimate of drug-likeness (QED) is 0.316. The molecule has 10 heteroatoms. The van der Waals surface area contributed by atoms with Gasteiger partial charge in [0.2, 0.25) is 5.76 Å². The molecule has 0 amide bonds. The van der Waals surface area contributed by atoms with E-state index in [1.807, 2.05) is 18.7 Å². The third-order valence-corrected chi connectivity index (χ3v) is 5.42. The lowest BCUT2D eigenvalue weighted by Crippen LogP contribution is -2.33. The number of carbonyl (C=O) groups excluding carboxylic acids is 3. The number of phenolic OH excluding ortho intramolecular Hbond substituents is 1. The summed E-state index contributed by atoms with van der Waals surface area (Å²) in [5, 5.41) is 39.5. The molecule has 1 aliphatic rings. The van der Waals surface area contributed by atoms with Crippen LogP contribution in [0.4, 0.5) is 5.69 Å². The summed E-state index contributed by atoms with van der Waals surface area (Å²) in [6.45, 7) is 4.68. The summed E-state index contributed by atoms with van der Waals surface area (Å²) >= 11 is 0. The predicted octanol–water partition coefficient (Wildman–Crippen LogP) is 2.24. The van der Waals surface area contributed by atoms with Crippen LogP contribution in [0, 0.1) is 0 Å². The topological polar surface area (TPSA) is 154 Å². The highest BCUT2D eigenvalue weighted by molar-refractivity contribution is 6.15. The van der Waals surface area contributed by atoms with E-state index in [9.17, 15) is 34.8 Å². The Morgan fingerprint density at radius 2 is 1.68 bits per heavy atom. The van der Waals surface area contributed by atoms with Crippen LogP contribution >= 0.6 is 0 Å². The minimum atomic E-state index is -1.66. The second-order valence-corrected chi connectivity index (χ2v) is 7.47. The van der Waals surface area contributed by atoms with Crippen molar-refractivity contribution in [1.82, 2.24) is 0 Å². The third-order valence-electron chi connectivity index (χ3n) is 5.42. The molecule has 3 rings (SSSR count). The van der Waals surface area contributed by atoms with Gasteiger partial charge in [-0.3, -0.25) is 4.79 Å². The summed E-state index contributed by atoms with van der Waals surface area (Å²) in [7, 11) is 0. The van der Waals surface area contributed by atoms with Crippen molar-refractivity contribution in [1.29, 1.82) is 0 Å². The van der Waals surface area contributed by atoms with Gasteiger partial charge in [-0.2, -0.15) is 0 Å². The zero-order chi connectivity index (χ0) is 25.0. The number of anilines is 1. The lowest BCUT2D eigenvalue weighted by Gasteiger charge is -2.21. The summed E-state index contributed by atoms with van der Waals surface area (Å²) in [6, 6.07) is 10.5. The Morgan fingerprint density at radius 3 is 2.24 bits per heavy atom. The van der Waals surface area contributed by atoms with Gasteiger partial charge in [-0.15, -0.1) is 0 Å². The molecule has 2 aromatic rings. The molecule has 0 spiro atoms. The van der Waals surface area contributed by atoms with Gasteiger partial charge in [0, 0.05) is 30.4 Å². The van der Waals surface area contributed by atoms with Crippen LogP contribution in [0.3, 0.4) is 0 Å². The van der Waals surface area contributed by atoms with Crippen LogP contribution in [0.15, 0.2) is 54.0 Å². The Morgan fingerprint density at radius 1 is 1.03 bits per heavy atom. The molecule has 2 aromatic carbocycles. The molecule has 0 aromatic heterocycles. The number of hydrogen-bond donors (Lipinski definition) is 4. The number of phenols is 1. The van der Waals surface area contributed by atoms with Crippen LogP contribution in [-0.4, -0.2) is 70.1 Å². The van der Waals surface area contributed by atoms with Gasteiger partial charge in [0.05, 0.1) is 11.1 Å². The second kappa shape index (κ2) is 10.3. The summed E-state index contributed by atoms with van der Waals surface area (Å²) in [5.41, 5.74) is 0.606. The van der Waals surface area contributed by atoms with Crippen molar-refractivity contribution in [2.24, 2.45) is 0 Å². The van der Waals surface area contributed by atoms with E-state index >= 15 is 0 Å². The number of cyclic esters (lactones) is 1. The van der Waals surface area contributed by atoms with E-state index in [0.717, 1.165) is 18.8 Å². The standard InChI is InChI=1S/C24H25NO9/c1-3-25(4-2)13-9-10-16(17(26)11-13)19(28)14-7-5-6-8-15(14)23(31)33-12-18(27)22-20(29)21(30)24(32)34-22/h5-11,18,22,26-27,29-30H,3-4,12H2,1-2H3. The maximum Gasteiger partial charge on any atom is 0.377 e. The molecule has 0 bridgehead atoms. The van der Waals surface area contributed by atoms with Crippen molar-refractivity contribution in [3.63, 3.8) is 0 Å². The van der Waals surface area contributed by atoms with Crippen molar-refractivity contribution in [3.05, 3.63) is 70.7 Å². The van der Waals surface area contributed by atoms with Gasteiger partial charge >= 0.3 is 11.9 Å². The summed E-state index contributed by atoms with van der Waals surface area (Å²) in [6.07, 6.45) is -3.24. The average molecular weight is 471 g/mol. The highest BCUT2D eigenvalue weighted by atomic mass is 16.6. The first-order valence-corrected chi connectivity index (χ1v) is 10.6. The van der Waals surface area contributed by atoms with E-state index in [1.165, 1.54) is 30.3 Å². The molecule has 0 radical (unpaired) electrons. The van der Waals surface area contributed by atoms with Crippen molar-refractivity contribution < 1.29 is 44.3 Å². The zero-order valence-electron chi connectivity index (χ0n) is 18.6. The Bertz CT molecular complexity index is 1140. The summed E-state index contributed by atoms with van der Waals surface area (Å²) in [4.78, 5) is 39.0. The molecule has 4 N–H and O–H groups in total. The molecular formula is C24H25NO9. The fraction of sp³-hybridized carbons (Fsp3) is 0.292. The second-order valence-electron chi connectivity index (χ2n) is 7.47. The van der Waals surface area contributed by atoms with E-state index in [-0.39, 0.29) is 22.4 Å². The number of benzene rings is 2. The Labute approximate surface area is 195 Å². The molecule has 1 heterocycles. The number of rotatable bonds is 9. The first-order chi connectivity index (χ1) is 16.2. The molecule has 1 aliphatic heterocycles. The van der Waals surface area contributed by atoms with Crippen LogP contribution in [0.1, 0.15) is 40.1 Å². The number of aliphatic hydroxyl groups excluding tert-OH is 3. The van der Waals surface area contributed by atoms with Crippen LogP contribution in [0.5, 0.6) is 5.75 Å². The van der Waals surface area contributed by atoms with Gasteiger partial charge in [-0.1, -0.05) is 18.2 Å². The van der Waals surface area contributed by atoms with Gasteiger partial charge in [0.15, 0.2) is 17.6 Å². The zero-order valence-corrected chi connectivity index (χ0v) is 18.6. The normalized spacial score (nSPS) is 16.2. The monoisotopic (exact) mass is 471 g/mol. The maximum atomic E-state index is 13.1. The third kappa shape index (κ3) is 4.81. The summed E-state index contributed by atoms with van der Waals surface area (Å²) < 4.78 is 9.66. The van der Waals surface area contributed by atoms with Crippen LogP contribution in [0.2, 0.25) is 0 Å². The first-order valence-electron chi connectivity index (χ1n) is 10.6. The minimum absolute atomic E-state index is 0.000376. The average Bonchev–Trinajstić information content (AvgIpc) is 3.10. The summed E-state index contributed by atoms with van der Waals surface area (Å²) in [5.74, 6) is -4.91. The number of hydrogen-bond acceptors (Lipinski definition) is 10. The number of esters is 2. The minimum Gasteiger partial charge on any atom is -0.507 e. The Balaban J connectivity index is 1.77. The van der Waals surface area contributed by atoms with Crippen molar-refractivity contribution in [2.75, 3.05) is 24.6 Å². The largest absolute Gasteiger partial charge is 0.507 e. The lowest BCUT2D eigenvalue weighted by molar-refractivity contribution is -0.147. The Hall–Kier alpha value is -4.05. The van der Waals surface area contributed by atoms with Crippen molar-refractivity contribution in [3.8, 4) is 5.75 Å². The van der Waals surface area contributed by atoms with Crippen molar-refractivity contribution in [2.45, 2.75) is 26.1 Å². The molecule has 0 saturated carbocycles. The van der Waals surface area contributed by atoms with Gasteiger partial charge in [-0.25, -0.2) is 9.59 Å². The molecule has 2 atom stereocenters. The molecule has 0 aliphatic carbocycles. The number of ketones is 1. The maximum absolute atomic E-state index is 13.1. The molecule has 180 valence electrons. The molecule has 2 unspecified atom stereocenters. The smallest absolute Gasteiger partial charge is 0.377 e. The number of aromatic hydroxyl groups is 1. The fourth-order valence-corrected chi connectivity index (χ4v) is 3.55. The highest BCUT2D eigenvalue weighted by Gasteiger charge is 2.39. The fourth-order valence-electron chi connectivity index (χ4n) is 3.55. The SMILES string of the molecule is CCN(CC)c1ccc(C(=O)c2ccccc2C(=O)OCC(O)C2OC(=O)C(O)=C2O)c(O)c1. The Kier molecular flexibility index (Phi) is 7.42. The van der Waals surface area contributed by atoms with Gasteiger partial charge < -0.3 is 34.8 Å². The lowest BCUT2D eigenvalue weighted by atomic mass is 9.97. The number of aliphatic hydroxyl groups is 3. The van der Waals surface area contributed by atoms with E-state index in [1.54, 1.807) is 12.1 Å². The van der Waals surface area contributed by atoms with Gasteiger partial charge in [0.1, 0.15) is 18.5 Å². The van der Waals surface area contributed by atoms with Crippen LogP contribution in [0.25, 0.3) is 0 Å². The predicted molar refractivity (Wildman–Crippen MR) is 120 cm³/mol. The van der Waals surface area contributed by atoms with Crippen molar-refractivity contribution >= 4 is 23.4 Å². The van der Waals surface area contributed by atoms with E-state index in [2.05, 4.69) is 4.74 Å².